The first-order valence-corrected chi connectivity index (χ1v) is 6.45. The van der Waals surface area contributed by atoms with Crippen molar-refractivity contribution in [3.05, 3.63) is 29.6 Å². The van der Waals surface area contributed by atoms with Crippen LogP contribution in [0.25, 0.3) is 0 Å². The molecule has 2 rings (SSSR count). The van der Waals surface area contributed by atoms with Crippen LogP contribution >= 0.6 is 0 Å². The Morgan fingerprint density at radius 2 is 2.20 bits per heavy atom. The summed E-state index contributed by atoms with van der Waals surface area (Å²) < 4.78 is 5.74. The van der Waals surface area contributed by atoms with E-state index in [9.17, 15) is 9.59 Å². The number of aromatic nitrogens is 1. The van der Waals surface area contributed by atoms with Crippen molar-refractivity contribution in [2.24, 2.45) is 0 Å². The van der Waals surface area contributed by atoms with Gasteiger partial charge in [0, 0.05) is 19.3 Å². The van der Waals surface area contributed by atoms with Crippen LogP contribution in [0, 0.1) is 0 Å². The molecule has 1 amide bonds. The molecule has 1 aliphatic rings. The predicted octanol–water partition coefficient (Wildman–Crippen LogP) is 1.42. The number of ether oxygens (including phenoxy) is 1. The van der Waals surface area contributed by atoms with E-state index in [1.165, 1.54) is 18.3 Å². The fourth-order valence-corrected chi connectivity index (χ4v) is 2.51. The minimum absolute atomic E-state index is 0.0232. The molecular formula is C14H18N2O4. The summed E-state index contributed by atoms with van der Waals surface area (Å²) in [6.45, 7) is 6.53. The molecule has 1 unspecified atom stereocenters. The number of morpholine rings is 1. The highest BCUT2D eigenvalue weighted by Crippen LogP contribution is 2.22. The van der Waals surface area contributed by atoms with Crippen LogP contribution in [0.2, 0.25) is 0 Å². The number of carboxylic acids is 1. The molecule has 0 bridgehead atoms. The number of carbonyl (C=O) groups excluding carboxylic acids is 1. The summed E-state index contributed by atoms with van der Waals surface area (Å²) in [5.41, 5.74) is -0.551. The Balaban J connectivity index is 2.30. The Bertz CT molecular complexity index is 542. The van der Waals surface area contributed by atoms with Crippen LogP contribution in [0.3, 0.4) is 0 Å². The van der Waals surface area contributed by atoms with Gasteiger partial charge in [-0.05, 0) is 32.9 Å². The lowest BCUT2D eigenvalue weighted by atomic mass is 10.0. The van der Waals surface area contributed by atoms with Gasteiger partial charge in [0.25, 0.3) is 5.91 Å². The van der Waals surface area contributed by atoms with Crippen molar-refractivity contribution >= 4 is 11.9 Å². The Kier molecular flexibility index (Phi) is 3.76. The number of hydrogen-bond acceptors (Lipinski definition) is 4. The fraction of sp³-hybridized carbons (Fsp3) is 0.500. The van der Waals surface area contributed by atoms with Crippen molar-refractivity contribution in [1.29, 1.82) is 0 Å². The smallest absolute Gasteiger partial charge is 0.338 e. The van der Waals surface area contributed by atoms with Gasteiger partial charge in [-0.15, -0.1) is 0 Å². The Hall–Kier alpha value is -1.95. The molecule has 6 heteroatoms. The molecule has 1 atom stereocenters. The van der Waals surface area contributed by atoms with E-state index in [0.717, 1.165) is 0 Å². The van der Waals surface area contributed by atoms with E-state index in [1.807, 2.05) is 20.8 Å². The molecule has 1 aromatic heterocycles. The molecule has 20 heavy (non-hydrogen) atoms. The van der Waals surface area contributed by atoms with Crippen molar-refractivity contribution in [3.63, 3.8) is 0 Å². The van der Waals surface area contributed by atoms with Crippen molar-refractivity contribution in [3.8, 4) is 0 Å². The van der Waals surface area contributed by atoms with Gasteiger partial charge in [0.05, 0.1) is 17.3 Å². The van der Waals surface area contributed by atoms with Crippen LogP contribution in [-0.2, 0) is 4.74 Å². The average molecular weight is 278 g/mol. The van der Waals surface area contributed by atoms with Gasteiger partial charge in [0.15, 0.2) is 0 Å². The molecule has 0 radical (unpaired) electrons. The number of nitrogens with zero attached hydrogens (tertiary/aromatic N) is 2. The van der Waals surface area contributed by atoms with E-state index in [-0.39, 0.29) is 23.3 Å². The van der Waals surface area contributed by atoms with E-state index < -0.39 is 11.6 Å². The van der Waals surface area contributed by atoms with Crippen LogP contribution in [0.4, 0.5) is 0 Å². The summed E-state index contributed by atoms with van der Waals surface area (Å²) >= 11 is 0. The molecule has 0 aromatic carbocycles. The van der Waals surface area contributed by atoms with Crippen molar-refractivity contribution in [2.75, 3.05) is 13.1 Å². The molecule has 0 aliphatic carbocycles. The number of carboxylic acid groups (broad SMARTS) is 1. The highest BCUT2D eigenvalue weighted by molar-refractivity contribution is 6.03. The number of amides is 1. The zero-order chi connectivity index (χ0) is 14.9. The Morgan fingerprint density at radius 1 is 1.50 bits per heavy atom. The maximum atomic E-state index is 12.5. The SMILES string of the molecule is CC1CN(C(=O)c2ncccc2C(=O)O)CC(C)(C)O1. The normalized spacial score (nSPS) is 21.6. The van der Waals surface area contributed by atoms with Crippen LogP contribution < -0.4 is 0 Å². The maximum absolute atomic E-state index is 12.5. The quantitative estimate of drug-likeness (QED) is 0.885. The summed E-state index contributed by atoms with van der Waals surface area (Å²) in [7, 11) is 0. The summed E-state index contributed by atoms with van der Waals surface area (Å²) in [5.74, 6) is -1.52. The van der Waals surface area contributed by atoms with Gasteiger partial charge in [-0.3, -0.25) is 9.78 Å². The largest absolute Gasteiger partial charge is 0.478 e. The van der Waals surface area contributed by atoms with Gasteiger partial charge in [-0.25, -0.2) is 4.79 Å². The monoisotopic (exact) mass is 278 g/mol. The topological polar surface area (TPSA) is 79.7 Å². The third kappa shape index (κ3) is 2.96. The molecule has 1 aromatic rings. The van der Waals surface area contributed by atoms with Crippen molar-refractivity contribution in [2.45, 2.75) is 32.5 Å². The second-order valence-corrected chi connectivity index (χ2v) is 5.58. The number of pyridine rings is 1. The number of hydrogen-bond donors (Lipinski definition) is 1. The number of aromatic carboxylic acids is 1. The van der Waals surface area contributed by atoms with Gasteiger partial charge in [0.1, 0.15) is 5.69 Å². The van der Waals surface area contributed by atoms with E-state index in [4.69, 9.17) is 9.84 Å². The zero-order valence-corrected chi connectivity index (χ0v) is 11.8. The van der Waals surface area contributed by atoms with Gasteiger partial charge in [-0.1, -0.05) is 0 Å². The van der Waals surface area contributed by atoms with Crippen LogP contribution in [0.1, 0.15) is 41.6 Å². The first-order chi connectivity index (χ1) is 9.30. The molecular weight excluding hydrogens is 260 g/mol. The standard InChI is InChI=1S/C14H18N2O4/c1-9-7-16(8-14(2,3)20-9)12(17)11-10(13(18)19)5-4-6-15-11/h4-6,9H,7-8H2,1-3H3,(H,18,19). The van der Waals surface area contributed by atoms with Crippen LogP contribution in [0.15, 0.2) is 18.3 Å². The lowest BCUT2D eigenvalue weighted by Gasteiger charge is -2.41. The highest BCUT2D eigenvalue weighted by atomic mass is 16.5. The fourth-order valence-electron chi connectivity index (χ4n) is 2.51. The third-order valence-corrected chi connectivity index (χ3v) is 3.10. The molecule has 1 saturated heterocycles. The lowest BCUT2D eigenvalue weighted by molar-refractivity contribution is -0.118. The van der Waals surface area contributed by atoms with E-state index in [1.54, 1.807) is 4.90 Å². The molecule has 0 saturated carbocycles. The molecule has 6 nitrogen and oxygen atoms in total. The van der Waals surface area contributed by atoms with Gasteiger partial charge >= 0.3 is 5.97 Å². The molecule has 1 fully saturated rings. The van der Waals surface area contributed by atoms with Crippen molar-refractivity contribution < 1.29 is 19.4 Å². The molecule has 1 aliphatic heterocycles. The summed E-state index contributed by atoms with van der Waals surface area (Å²) in [5, 5.41) is 9.13. The second-order valence-electron chi connectivity index (χ2n) is 5.58. The molecule has 1 N–H and O–H groups in total. The second kappa shape index (κ2) is 5.20. The highest BCUT2D eigenvalue weighted by Gasteiger charge is 2.35. The van der Waals surface area contributed by atoms with Gasteiger partial charge in [0.2, 0.25) is 0 Å². The van der Waals surface area contributed by atoms with E-state index in [0.29, 0.717) is 13.1 Å². The Morgan fingerprint density at radius 3 is 2.80 bits per heavy atom. The molecule has 0 spiro atoms. The predicted molar refractivity (Wildman–Crippen MR) is 71.7 cm³/mol. The van der Waals surface area contributed by atoms with Gasteiger partial charge in [-0.2, -0.15) is 0 Å². The average Bonchev–Trinajstić information content (AvgIpc) is 2.35. The van der Waals surface area contributed by atoms with E-state index in [2.05, 4.69) is 4.98 Å². The Labute approximate surface area is 117 Å². The van der Waals surface area contributed by atoms with Gasteiger partial charge < -0.3 is 14.7 Å². The maximum Gasteiger partial charge on any atom is 0.338 e. The summed E-state index contributed by atoms with van der Waals surface area (Å²) in [6.07, 6.45) is 1.33. The van der Waals surface area contributed by atoms with Crippen LogP contribution in [0.5, 0.6) is 0 Å². The first kappa shape index (κ1) is 14.5. The summed E-state index contributed by atoms with van der Waals surface area (Å²) in [4.78, 5) is 29.2. The van der Waals surface area contributed by atoms with Crippen molar-refractivity contribution in [1.82, 2.24) is 9.88 Å². The molecule has 108 valence electrons. The summed E-state index contributed by atoms with van der Waals surface area (Å²) in [6, 6.07) is 2.89. The molecule has 2 heterocycles. The lowest BCUT2D eigenvalue weighted by Crippen LogP contribution is -2.54. The zero-order valence-electron chi connectivity index (χ0n) is 11.8. The first-order valence-electron chi connectivity index (χ1n) is 6.45. The van der Waals surface area contributed by atoms with E-state index >= 15 is 0 Å². The van der Waals surface area contributed by atoms with Crippen LogP contribution in [-0.4, -0.2) is 51.7 Å². The third-order valence-electron chi connectivity index (χ3n) is 3.10. The number of rotatable bonds is 2. The number of carbonyl (C=O) groups is 2. The minimum atomic E-state index is -1.15. The minimum Gasteiger partial charge on any atom is -0.478 e.